The third-order valence-corrected chi connectivity index (χ3v) is 4.22. The average molecular weight is 329 g/mol. The minimum absolute atomic E-state index is 0.120. The SMILES string of the molecule is CC(N(C)Cc1ccc(Br)c([N+](=O)[O-])c1)C(C)(C)C. The van der Waals surface area contributed by atoms with Gasteiger partial charge in [0.1, 0.15) is 0 Å². The van der Waals surface area contributed by atoms with Gasteiger partial charge in [0.25, 0.3) is 5.69 Å². The lowest BCUT2D eigenvalue weighted by molar-refractivity contribution is -0.385. The van der Waals surface area contributed by atoms with E-state index in [1.54, 1.807) is 12.1 Å². The van der Waals surface area contributed by atoms with Crippen LogP contribution in [0.1, 0.15) is 33.3 Å². The topological polar surface area (TPSA) is 46.4 Å². The molecule has 0 heterocycles. The molecule has 0 aliphatic heterocycles. The molecule has 0 aliphatic carbocycles. The van der Waals surface area contributed by atoms with E-state index < -0.39 is 0 Å². The summed E-state index contributed by atoms with van der Waals surface area (Å²) in [4.78, 5) is 12.8. The molecule has 0 amide bonds. The van der Waals surface area contributed by atoms with Crippen molar-refractivity contribution in [2.75, 3.05) is 7.05 Å². The van der Waals surface area contributed by atoms with Crippen LogP contribution in [0.2, 0.25) is 0 Å². The van der Waals surface area contributed by atoms with Crippen molar-refractivity contribution in [1.29, 1.82) is 0 Å². The zero-order valence-electron chi connectivity index (χ0n) is 12.1. The average Bonchev–Trinajstić information content (AvgIpc) is 2.29. The van der Waals surface area contributed by atoms with Crippen LogP contribution in [0, 0.1) is 15.5 Å². The van der Waals surface area contributed by atoms with Crippen LogP contribution in [-0.4, -0.2) is 22.9 Å². The van der Waals surface area contributed by atoms with Crippen LogP contribution in [0.4, 0.5) is 5.69 Å². The minimum Gasteiger partial charge on any atom is -0.299 e. The van der Waals surface area contributed by atoms with Crippen molar-refractivity contribution in [2.45, 2.75) is 40.3 Å². The van der Waals surface area contributed by atoms with Crippen LogP contribution in [0.5, 0.6) is 0 Å². The molecule has 0 saturated heterocycles. The first-order chi connectivity index (χ1) is 8.62. The molecule has 0 N–H and O–H groups in total. The Labute approximate surface area is 123 Å². The van der Waals surface area contributed by atoms with E-state index in [2.05, 4.69) is 48.5 Å². The van der Waals surface area contributed by atoms with Gasteiger partial charge in [-0.05, 0) is 46.9 Å². The van der Waals surface area contributed by atoms with E-state index in [1.807, 2.05) is 13.1 Å². The van der Waals surface area contributed by atoms with Gasteiger partial charge in [-0.1, -0.05) is 26.8 Å². The molecule has 106 valence electrons. The fourth-order valence-corrected chi connectivity index (χ4v) is 2.27. The van der Waals surface area contributed by atoms with Crippen LogP contribution in [0.25, 0.3) is 0 Å². The molecule has 0 radical (unpaired) electrons. The molecule has 0 aromatic heterocycles. The monoisotopic (exact) mass is 328 g/mol. The Bertz CT molecular complexity index is 469. The van der Waals surface area contributed by atoms with Crippen molar-refractivity contribution < 1.29 is 4.92 Å². The second-order valence-corrected chi connectivity index (χ2v) is 6.85. The summed E-state index contributed by atoms with van der Waals surface area (Å²) in [5.74, 6) is 0. The van der Waals surface area contributed by atoms with Crippen LogP contribution >= 0.6 is 15.9 Å². The zero-order chi connectivity index (χ0) is 14.8. The van der Waals surface area contributed by atoms with E-state index in [4.69, 9.17) is 0 Å². The number of nitrogens with zero attached hydrogens (tertiary/aromatic N) is 2. The van der Waals surface area contributed by atoms with Gasteiger partial charge >= 0.3 is 0 Å². The van der Waals surface area contributed by atoms with E-state index >= 15 is 0 Å². The molecule has 0 fully saturated rings. The molecular weight excluding hydrogens is 308 g/mol. The number of nitro groups is 1. The Balaban J connectivity index is 2.89. The summed E-state index contributed by atoms with van der Waals surface area (Å²) < 4.78 is 0.521. The van der Waals surface area contributed by atoms with Gasteiger partial charge in [-0.15, -0.1) is 0 Å². The van der Waals surface area contributed by atoms with Crippen molar-refractivity contribution >= 4 is 21.6 Å². The second kappa shape index (κ2) is 6.01. The van der Waals surface area contributed by atoms with Crippen LogP contribution in [-0.2, 0) is 6.54 Å². The van der Waals surface area contributed by atoms with Gasteiger partial charge in [0, 0.05) is 18.7 Å². The minimum atomic E-state index is -0.360. The summed E-state index contributed by atoms with van der Waals surface area (Å²) in [6.45, 7) is 9.45. The molecule has 4 nitrogen and oxygen atoms in total. The molecule has 1 aromatic rings. The van der Waals surface area contributed by atoms with Crippen LogP contribution in [0.3, 0.4) is 0 Å². The maximum atomic E-state index is 10.9. The van der Waals surface area contributed by atoms with Gasteiger partial charge < -0.3 is 0 Å². The van der Waals surface area contributed by atoms with Gasteiger partial charge in [-0.25, -0.2) is 0 Å². The lowest BCUT2D eigenvalue weighted by atomic mass is 9.87. The van der Waals surface area contributed by atoms with Gasteiger partial charge in [0.15, 0.2) is 0 Å². The normalized spacial score (nSPS) is 13.6. The number of nitro benzene ring substituents is 1. The van der Waals surface area contributed by atoms with Crippen LogP contribution in [0.15, 0.2) is 22.7 Å². The molecule has 5 heteroatoms. The lowest BCUT2D eigenvalue weighted by Gasteiger charge is -2.35. The van der Waals surface area contributed by atoms with Gasteiger partial charge in [-0.2, -0.15) is 0 Å². The predicted octanol–water partition coefficient (Wildman–Crippen LogP) is 4.22. The Morgan fingerprint density at radius 2 is 2.00 bits per heavy atom. The maximum Gasteiger partial charge on any atom is 0.283 e. The summed E-state index contributed by atoms with van der Waals surface area (Å²) >= 11 is 3.20. The smallest absolute Gasteiger partial charge is 0.283 e. The summed E-state index contributed by atoms with van der Waals surface area (Å²) in [6.07, 6.45) is 0. The third-order valence-electron chi connectivity index (χ3n) is 3.55. The van der Waals surface area contributed by atoms with E-state index in [9.17, 15) is 10.1 Å². The lowest BCUT2D eigenvalue weighted by Crippen LogP contribution is -2.38. The van der Waals surface area contributed by atoms with Crippen LogP contribution < -0.4 is 0 Å². The molecule has 0 saturated carbocycles. The highest BCUT2D eigenvalue weighted by Crippen LogP contribution is 2.28. The van der Waals surface area contributed by atoms with Gasteiger partial charge in [0.05, 0.1) is 9.40 Å². The predicted molar refractivity (Wildman–Crippen MR) is 81.2 cm³/mol. The molecule has 1 rings (SSSR count). The molecule has 1 atom stereocenters. The fourth-order valence-electron chi connectivity index (χ4n) is 1.88. The van der Waals surface area contributed by atoms with E-state index in [0.717, 1.165) is 5.56 Å². The molecule has 0 aliphatic rings. The number of halogens is 1. The molecule has 0 spiro atoms. The number of hydrogen-bond acceptors (Lipinski definition) is 3. The third kappa shape index (κ3) is 4.28. The number of hydrogen-bond donors (Lipinski definition) is 0. The highest BCUT2D eigenvalue weighted by atomic mass is 79.9. The maximum absolute atomic E-state index is 10.9. The van der Waals surface area contributed by atoms with Gasteiger partial charge in [0.2, 0.25) is 0 Å². The second-order valence-electron chi connectivity index (χ2n) is 6.00. The Morgan fingerprint density at radius 1 is 1.42 bits per heavy atom. The standard InChI is InChI=1S/C14H21BrN2O2/c1-10(14(2,3)4)16(5)9-11-6-7-12(15)13(8-11)17(18)19/h6-8,10H,9H2,1-5H3. The van der Waals surface area contributed by atoms with Crippen molar-refractivity contribution in [1.82, 2.24) is 4.90 Å². The molecule has 0 bridgehead atoms. The Morgan fingerprint density at radius 3 is 2.47 bits per heavy atom. The van der Waals surface area contributed by atoms with E-state index in [-0.39, 0.29) is 16.0 Å². The van der Waals surface area contributed by atoms with Crippen molar-refractivity contribution in [3.8, 4) is 0 Å². The first-order valence-corrected chi connectivity index (χ1v) is 7.05. The zero-order valence-corrected chi connectivity index (χ0v) is 13.7. The molecular formula is C14H21BrN2O2. The first-order valence-electron chi connectivity index (χ1n) is 6.26. The van der Waals surface area contributed by atoms with Crippen molar-refractivity contribution in [3.05, 3.63) is 38.3 Å². The van der Waals surface area contributed by atoms with E-state index in [1.165, 1.54) is 0 Å². The van der Waals surface area contributed by atoms with Crippen molar-refractivity contribution in [3.63, 3.8) is 0 Å². The highest BCUT2D eigenvalue weighted by Gasteiger charge is 2.24. The van der Waals surface area contributed by atoms with E-state index in [0.29, 0.717) is 17.1 Å². The van der Waals surface area contributed by atoms with Gasteiger partial charge in [-0.3, -0.25) is 15.0 Å². The largest absolute Gasteiger partial charge is 0.299 e. The summed E-state index contributed by atoms with van der Waals surface area (Å²) in [5, 5.41) is 10.9. The summed E-state index contributed by atoms with van der Waals surface area (Å²) in [6, 6.07) is 5.68. The summed E-state index contributed by atoms with van der Waals surface area (Å²) in [5.41, 5.74) is 1.25. The number of benzene rings is 1. The first kappa shape index (κ1) is 16.1. The van der Waals surface area contributed by atoms with Crippen molar-refractivity contribution in [2.24, 2.45) is 5.41 Å². The Hall–Kier alpha value is -0.940. The summed E-state index contributed by atoms with van der Waals surface area (Å²) in [7, 11) is 2.05. The molecule has 1 unspecified atom stereocenters. The molecule has 19 heavy (non-hydrogen) atoms. The quantitative estimate of drug-likeness (QED) is 0.614. The molecule has 1 aromatic carbocycles. The Kier molecular flexibility index (Phi) is 5.10. The highest BCUT2D eigenvalue weighted by molar-refractivity contribution is 9.10. The number of rotatable bonds is 4. The fraction of sp³-hybridized carbons (Fsp3) is 0.571.